The molecule has 14 heteroatoms. The Labute approximate surface area is 167 Å². The number of carbonyl (C=O) groups is 1. The van der Waals surface area contributed by atoms with Crippen LogP contribution in [0.1, 0.15) is 10.5 Å². The molecule has 2 rings (SSSR count). The monoisotopic (exact) mass is 430 g/mol. The number of nitrogens with one attached hydrogen (secondary N) is 2. The Balaban J connectivity index is 2.04. The van der Waals surface area contributed by atoms with Gasteiger partial charge < -0.3 is 22.9 Å². The van der Waals surface area contributed by atoms with Crippen molar-refractivity contribution in [2.24, 2.45) is 21.5 Å². The van der Waals surface area contributed by atoms with Crippen LogP contribution in [0.15, 0.2) is 28.2 Å². The quantitative estimate of drug-likeness (QED) is 0.228. The number of hydrogen-bond donors (Lipinski definition) is 6. The van der Waals surface area contributed by atoms with Crippen LogP contribution in [-0.2, 0) is 0 Å². The van der Waals surface area contributed by atoms with Crippen molar-refractivity contribution in [3.8, 4) is 0 Å². The van der Waals surface area contributed by atoms with E-state index in [0.717, 1.165) is 0 Å². The summed E-state index contributed by atoms with van der Waals surface area (Å²) in [6.07, 6.45) is 0. The van der Waals surface area contributed by atoms with E-state index >= 15 is 0 Å². The second kappa shape index (κ2) is 8.58. The summed E-state index contributed by atoms with van der Waals surface area (Å²) >= 11 is 17.4. The number of hydrogen-bond acceptors (Lipinski definition) is 6. The van der Waals surface area contributed by atoms with Crippen molar-refractivity contribution >= 4 is 70.0 Å². The van der Waals surface area contributed by atoms with Gasteiger partial charge in [-0.2, -0.15) is 4.99 Å². The molecule has 0 spiro atoms. The fourth-order valence-corrected chi connectivity index (χ4v) is 2.07. The number of amides is 1. The third-order valence-electron chi connectivity index (χ3n) is 2.81. The van der Waals surface area contributed by atoms with Gasteiger partial charge in [0.05, 0.1) is 15.7 Å². The zero-order valence-electron chi connectivity index (χ0n) is 13.4. The Kier molecular flexibility index (Phi) is 6.45. The zero-order valence-corrected chi connectivity index (χ0v) is 15.6. The van der Waals surface area contributed by atoms with Crippen molar-refractivity contribution in [2.45, 2.75) is 0 Å². The predicted octanol–water partition coefficient (Wildman–Crippen LogP) is 0.797. The molecule has 1 amide bonds. The van der Waals surface area contributed by atoms with Crippen molar-refractivity contribution in [2.75, 3.05) is 11.5 Å². The van der Waals surface area contributed by atoms with E-state index in [0.29, 0.717) is 15.7 Å². The van der Waals surface area contributed by atoms with Gasteiger partial charge in [0, 0.05) is 0 Å². The van der Waals surface area contributed by atoms with Gasteiger partial charge >= 0.3 is 0 Å². The molecule has 0 aliphatic heterocycles. The molecule has 0 saturated heterocycles. The van der Waals surface area contributed by atoms with E-state index in [1.807, 2.05) is 0 Å². The first kappa shape index (κ1) is 20.3. The standard InChI is InChI=1S/C13H13Cl3N10O/c14-5-2-1-4(3-6(5)15)21-12(19)24-13(20)26-25-11(27)7-9(17)23-10(18)8(16)22-7/h1-3H,(H,25,27)(H4,17,18,23)(H5,19,20,21,24,26). The number of aromatic nitrogens is 2. The Morgan fingerprint density at radius 1 is 1.00 bits per heavy atom. The minimum absolute atomic E-state index is 0.106. The number of nitrogens with zero attached hydrogens (tertiary/aromatic N) is 4. The number of halogens is 3. The smallest absolute Gasteiger partial charge is 0.292 e. The van der Waals surface area contributed by atoms with Gasteiger partial charge in [-0.3, -0.25) is 15.6 Å². The van der Waals surface area contributed by atoms with E-state index in [1.54, 1.807) is 12.1 Å². The molecular formula is C13H13Cl3N10O. The van der Waals surface area contributed by atoms with Crippen molar-refractivity contribution in [3.63, 3.8) is 0 Å². The lowest BCUT2D eigenvalue weighted by molar-refractivity contribution is 0.0939. The lowest BCUT2D eigenvalue weighted by Crippen LogP contribution is -2.46. The average molecular weight is 432 g/mol. The summed E-state index contributed by atoms with van der Waals surface area (Å²) in [5, 5.41) is 0.495. The molecule has 142 valence electrons. The highest BCUT2D eigenvalue weighted by Crippen LogP contribution is 2.26. The van der Waals surface area contributed by atoms with Crippen molar-refractivity contribution in [3.05, 3.63) is 39.1 Å². The number of aliphatic imine (C=N–C) groups is 2. The summed E-state index contributed by atoms with van der Waals surface area (Å²) in [6, 6.07) is 4.61. The van der Waals surface area contributed by atoms with Gasteiger partial charge in [0.25, 0.3) is 5.91 Å². The van der Waals surface area contributed by atoms with Crippen LogP contribution in [-0.4, -0.2) is 27.8 Å². The molecule has 11 nitrogen and oxygen atoms in total. The molecule has 0 atom stereocenters. The molecule has 10 N–H and O–H groups in total. The van der Waals surface area contributed by atoms with Crippen LogP contribution in [0.25, 0.3) is 0 Å². The van der Waals surface area contributed by atoms with E-state index in [4.69, 9.17) is 57.7 Å². The second-order valence-electron chi connectivity index (χ2n) is 4.78. The minimum atomic E-state index is -0.778. The molecule has 2 aromatic rings. The van der Waals surface area contributed by atoms with Gasteiger partial charge in [-0.25, -0.2) is 15.0 Å². The highest BCUT2D eigenvalue weighted by Gasteiger charge is 2.15. The van der Waals surface area contributed by atoms with Gasteiger partial charge in [0.2, 0.25) is 11.9 Å². The van der Waals surface area contributed by atoms with E-state index in [-0.39, 0.29) is 34.4 Å². The second-order valence-corrected chi connectivity index (χ2v) is 5.95. The van der Waals surface area contributed by atoms with Crippen LogP contribution in [0.4, 0.5) is 17.3 Å². The number of carbonyl (C=O) groups excluding carboxylic acids is 1. The van der Waals surface area contributed by atoms with Crippen LogP contribution in [0.3, 0.4) is 0 Å². The van der Waals surface area contributed by atoms with Gasteiger partial charge in [0.1, 0.15) is 0 Å². The molecule has 0 bridgehead atoms. The number of hydrazine groups is 1. The summed E-state index contributed by atoms with van der Waals surface area (Å²) in [5.41, 5.74) is 26.9. The number of rotatable bonds is 2. The Hall–Kier alpha value is -3.02. The first-order chi connectivity index (χ1) is 12.7. The fourth-order valence-electron chi connectivity index (χ4n) is 1.65. The van der Waals surface area contributed by atoms with E-state index < -0.39 is 5.91 Å². The summed E-state index contributed by atoms with van der Waals surface area (Å²) < 4.78 is 0. The molecule has 0 saturated carbocycles. The molecule has 27 heavy (non-hydrogen) atoms. The average Bonchev–Trinajstić information content (AvgIpc) is 2.59. The van der Waals surface area contributed by atoms with Crippen LogP contribution >= 0.6 is 34.8 Å². The third-order valence-corrected chi connectivity index (χ3v) is 3.82. The molecule has 0 radical (unpaired) electrons. The molecule has 1 aromatic heterocycles. The highest BCUT2D eigenvalue weighted by atomic mass is 35.5. The molecule has 1 aromatic carbocycles. The number of guanidine groups is 2. The number of benzene rings is 1. The Morgan fingerprint density at radius 2 is 1.70 bits per heavy atom. The van der Waals surface area contributed by atoms with E-state index in [1.165, 1.54) is 6.07 Å². The van der Waals surface area contributed by atoms with Gasteiger partial charge in [0.15, 0.2) is 22.5 Å². The summed E-state index contributed by atoms with van der Waals surface area (Å²) in [5.74, 6) is -1.57. The third kappa shape index (κ3) is 5.48. The maximum atomic E-state index is 12.0. The van der Waals surface area contributed by atoms with E-state index in [9.17, 15) is 4.79 Å². The van der Waals surface area contributed by atoms with Gasteiger partial charge in [-0.05, 0) is 18.2 Å². The SMILES string of the molecule is NC(=Nc1ccc(Cl)c(Cl)c1)/N=C(\N)NNC(=O)c1nc(Cl)c(N)nc1N. The van der Waals surface area contributed by atoms with Crippen LogP contribution < -0.4 is 33.8 Å². The van der Waals surface area contributed by atoms with Gasteiger partial charge in [-0.1, -0.05) is 34.8 Å². The van der Waals surface area contributed by atoms with E-state index in [2.05, 4.69) is 30.8 Å². The molecule has 0 fully saturated rings. The maximum absolute atomic E-state index is 12.0. The fraction of sp³-hybridized carbons (Fsp3) is 0. The maximum Gasteiger partial charge on any atom is 0.292 e. The van der Waals surface area contributed by atoms with Crippen molar-refractivity contribution < 1.29 is 4.79 Å². The largest absolute Gasteiger partial charge is 0.382 e. The van der Waals surface area contributed by atoms with Crippen LogP contribution in [0.2, 0.25) is 15.2 Å². The lowest BCUT2D eigenvalue weighted by atomic mass is 10.3. The summed E-state index contributed by atoms with van der Waals surface area (Å²) in [6.45, 7) is 0. The first-order valence-corrected chi connectivity index (χ1v) is 8.09. The number of anilines is 2. The Bertz CT molecular complexity index is 946. The molecule has 0 aliphatic carbocycles. The van der Waals surface area contributed by atoms with Gasteiger partial charge in [-0.15, -0.1) is 0 Å². The summed E-state index contributed by atoms with van der Waals surface area (Å²) in [7, 11) is 0. The molecule has 1 heterocycles. The molecule has 0 aliphatic rings. The van der Waals surface area contributed by atoms with Crippen LogP contribution in [0.5, 0.6) is 0 Å². The van der Waals surface area contributed by atoms with Crippen LogP contribution in [0, 0.1) is 0 Å². The lowest BCUT2D eigenvalue weighted by Gasteiger charge is -2.09. The predicted molar refractivity (Wildman–Crippen MR) is 106 cm³/mol. The molecular weight excluding hydrogens is 419 g/mol. The first-order valence-electron chi connectivity index (χ1n) is 6.95. The van der Waals surface area contributed by atoms with Crippen molar-refractivity contribution in [1.29, 1.82) is 0 Å². The number of nitrogen functional groups attached to an aromatic ring is 2. The topological polar surface area (TPSA) is 196 Å². The number of nitrogens with two attached hydrogens (primary N) is 4. The Morgan fingerprint density at radius 3 is 2.37 bits per heavy atom. The normalized spacial score (nSPS) is 12.0. The molecule has 0 unspecified atom stereocenters. The van der Waals surface area contributed by atoms with Crippen molar-refractivity contribution in [1.82, 2.24) is 20.8 Å². The highest BCUT2D eigenvalue weighted by molar-refractivity contribution is 6.42. The minimum Gasteiger partial charge on any atom is -0.382 e. The zero-order chi connectivity index (χ0) is 20.1. The summed E-state index contributed by atoms with van der Waals surface area (Å²) in [4.78, 5) is 27.2.